The smallest absolute Gasteiger partial charge is 0.315 e. The van der Waals surface area contributed by atoms with Crippen LogP contribution in [-0.4, -0.2) is 66.9 Å². The molecule has 0 aliphatic carbocycles. The topological polar surface area (TPSA) is 134 Å². The van der Waals surface area contributed by atoms with Crippen molar-refractivity contribution >= 4 is 44.4 Å². The zero-order valence-electron chi connectivity index (χ0n) is 26.6. The summed E-state index contributed by atoms with van der Waals surface area (Å²) in [6.45, 7) is 1.64. The summed E-state index contributed by atoms with van der Waals surface area (Å²) < 4.78 is 44.2. The van der Waals surface area contributed by atoms with Crippen molar-refractivity contribution in [2.75, 3.05) is 26.4 Å². The van der Waals surface area contributed by atoms with E-state index in [4.69, 9.17) is 25.3 Å². The Balaban J connectivity index is 1.45. The highest BCUT2D eigenvalue weighted by Crippen LogP contribution is 2.44. The van der Waals surface area contributed by atoms with Crippen molar-refractivity contribution in [1.29, 1.82) is 0 Å². The van der Waals surface area contributed by atoms with Gasteiger partial charge in [0, 0.05) is 70.5 Å². The summed E-state index contributed by atoms with van der Waals surface area (Å²) in [5, 5.41) is 22.5. The number of hydrogen-bond acceptors (Lipinski definition) is 8. The van der Waals surface area contributed by atoms with Crippen molar-refractivity contribution in [2.45, 2.75) is 25.4 Å². The number of thiophene rings is 1. The number of nitrogens with zero attached hydrogens (tertiary/aromatic N) is 6. The third-order valence-electron chi connectivity index (χ3n) is 8.54. The first-order valence-corrected chi connectivity index (χ1v) is 16.6. The van der Waals surface area contributed by atoms with Crippen LogP contribution in [0.25, 0.3) is 38.3 Å². The van der Waals surface area contributed by atoms with Gasteiger partial charge < -0.3 is 25.2 Å². The molecule has 6 heterocycles. The Labute approximate surface area is 283 Å². The maximum Gasteiger partial charge on any atom is 0.315 e. The number of primary amides is 1. The van der Waals surface area contributed by atoms with Crippen LogP contribution < -0.4 is 10.5 Å². The van der Waals surface area contributed by atoms with Crippen LogP contribution >= 0.6 is 11.3 Å². The highest BCUT2D eigenvalue weighted by Gasteiger charge is 2.30. The third-order valence-corrected chi connectivity index (χ3v) is 9.48. The summed E-state index contributed by atoms with van der Waals surface area (Å²) in [5.74, 6) is -0.321. The van der Waals surface area contributed by atoms with Gasteiger partial charge in [-0.3, -0.25) is 14.3 Å². The first kappa shape index (κ1) is 32.2. The average Bonchev–Trinajstić information content (AvgIpc) is 3.81. The summed E-state index contributed by atoms with van der Waals surface area (Å²) in [5.41, 5.74) is 10.9. The van der Waals surface area contributed by atoms with E-state index in [0.29, 0.717) is 43.2 Å². The van der Waals surface area contributed by atoms with Crippen LogP contribution in [0, 0.1) is 0 Å². The summed E-state index contributed by atoms with van der Waals surface area (Å²) in [7, 11) is 1.86. The van der Waals surface area contributed by atoms with Gasteiger partial charge in [0.25, 0.3) is 0 Å². The second-order valence-electron chi connectivity index (χ2n) is 11.7. The molecule has 11 nitrogen and oxygen atoms in total. The molecule has 0 saturated heterocycles. The molecule has 14 heteroatoms. The van der Waals surface area contributed by atoms with Gasteiger partial charge in [-0.05, 0) is 42.2 Å². The van der Waals surface area contributed by atoms with Crippen molar-refractivity contribution in [3.8, 4) is 17.0 Å². The van der Waals surface area contributed by atoms with E-state index in [0.717, 1.165) is 55.7 Å². The number of allylic oxidation sites excluding steroid dienone is 3. The summed E-state index contributed by atoms with van der Waals surface area (Å²) in [6.07, 6.45) is 9.51. The van der Waals surface area contributed by atoms with E-state index in [1.807, 2.05) is 47.6 Å². The molecule has 0 spiro atoms. The van der Waals surface area contributed by atoms with Gasteiger partial charge in [0.05, 0.1) is 60.9 Å². The second-order valence-corrected chi connectivity index (χ2v) is 12.6. The van der Waals surface area contributed by atoms with Crippen LogP contribution in [0.4, 0.5) is 13.6 Å². The lowest BCUT2D eigenvalue weighted by molar-refractivity contribution is 0.190. The van der Waals surface area contributed by atoms with E-state index in [2.05, 4.69) is 5.10 Å². The number of urea groups is 1. The minimum absolute atomic E-state index is 0.0980. The molecule has 4 aromatic heterocycles. The van der Waals surface area contributed by atoms with Gasteiger partial charge in [-0.25, -0.2) is 13.6 Å². The Morgan fingerprint density at radius 1 is 1.24 bits per heavy atom. The number of nitrogens with two attached hydrogens (primary N) is 1. The number of carbonyl (C=O) groups is 1. The number of aryl methyl sites for hydroxylation is 1. The molecule has 0 radical (unpaired) electrons. The zero-order valence-corrected chi connectivity index (χ0v) is 27.4. The van der Waals surface area contributed by atoms with Gasteiger partial charge in [0.15, 0.2) is 0 Å². The second kappa shape index (κ2) is 13.6. The van der Waals surface area contributed by atoms with Crippen LogP contribution in [0.5, 0.6) is 5.75 Å². The highest BCUT2D eigenvalue weighted by molar-refractivity contribution is 7.17. The van der Waals surface area contributed by atoms with E-state index in [1.54, 1.807) is 27.8 Å². The number of rotatable bonds is 8. The number of aliphatic hydroxyl groups excluding tert-OH is 1. The molecule has 3 N–H and O–H groups in total. The van der Waals surface area contributed by atoms with Crippen molar-refractivity contribution in [3.05, 3.63) is 101 Å². The Morgan fingerprint density at radius 3 is 2.94 bits per heavy atom. The van der Waals surface area contributed by atoms with Crippen LogP contribution in [-0.2, 0) is 24.9 Å². The average molecular weight is 686 g/mol. The number of carbonyl (C=O) groups excluding carboxylic acids is 1. The fourth-order valence-electron chi connectivity index (χ4n) is 6.31. The standard InChI is InChI=1S/C35H33F2N7O4S/c1-42-19-21-14-27(31(18-29(21)40-42)48-11-3-2-10-45)33-26-6-13-49-34(26)28-17-24(15-22(37)4-7-36)47-12-5-25(32(28)39-33)30-16-23-20-43(35(38)46)8-9-44(23)41-30/h2-4,6-7,13-19,25,45H,5,8-12,20H2,1H3,(H2,38,46)/b3-2+,7-4+,22-15+,24-17-. The molecule has 5 aromatic rings. The Bertz CT molecular complexity index is 2180. The normalized spacial score (nSPS) is 18.0. The molecule has 2 amide bonds. The van der Waals surface area contributed by atoms with E-state index in [1.165, 1.54) is 11.3 Å². The number of hydrogen-bond donors (Lipinski definition) is 2. The molecule has 49 heavy (non-hydrogen) atoms. The molecule has 0 bridgehead atoms. The number of aromatic nitrogens is 5. The number of ether oxygens (including phenoxy) is 2. The first-order valence-electron chi connectivity index (χ1n) is 15.7. The molecule has 1 unspecified atom stereocenters. The molecule has 2 aliphatic heterocycles. The van der Waals surface area contributed by atoms with Gasteiger partial charge in [0.1, 0.15) is 23.9 Å². The lowest BCUT2D eigenvalue weighted by atomic mass is 9.90. The van der Waals surface area contributed by atoms with E-state index < -0.39 is 11.9 Å². The van der Waals surface area contributed by atoms with Gasteiger partial charge in [0.2, 0.25) is 0 Å². The molecule has 7 rings (SSSR count). The van der Waals surface area contributed by atoms with E-state index in [9.17, 15) is 18.7 Å². The molecular formula is C35H33F2N7O4S. The monoisotopic (exact) mass is 685 g/mol. The number of pyridine rings is 1. The SMILES string of the molecule is Cn1cc2cc(-c3nc4c(c5sccc35)/C=C(/C=C(F)\C=C\F)OCCC4c3cc4n(n3)CCN(C(N)=O)C4)c(OC/C=C/CO)cc2n1. The highest BCUT2D eigenvalue weighted by atomic mass is 32.1. The number of aliphatic hydroxyl groups is 1. The first-order chi connectivity index (χ1) is 23.8. The number of benzene rings is 1. The van der Waals surface area contributed by atoms with Crippen LogP contribution in [0.3, 0.4) is 0 Å². The minimum Gasteiger partial charge on any atom is -0.493 e. The third kappa shape index (κ3) is 6.44. The minimum atomic E-state index is -0.790. The predicted molar refractivity (Wildman–Crippen MR) is 183 cm³/mol. The molecule has 2 aliphatic rings. The summed E-state index contributed by atoms with van der Waals surface area (Å²) in [4.78, 5) is 18.9. The van der Waals surface area contributed by atoms with Crippen molar-refractivity contribution in [3.63, 3.8) is 0 Å². The Morgan fingerprint density at radius 2 is 2.12 bits per heavy atom. The van der Waals surface area contributed by atoms with E-state index >= 15 is 0 Å². The number of halogens is 2. The molecule has 252 valence electrons. The molecule has 1 atom stereocenters. The molecule has 1 aromatic carbocycles. The van der Waals surface area contributed by atoms with Crippen molar-refractivity contribution in [2.24, 2.45) is 12.8 Å². The van der Waals surface area contributed by atoms with Gasteiger partial charge in [-0.15, -0.1) is 11.3 Å². The zero-order chi connectivity index (χ0) is 34.1. The predicted octanol–water partition coefficient (Wildman–Crippen LogP) is 6.10. The van der Waals surface area contributed by atoms with Crippen LogP contribution in [0.15, 0.2) is 78.1 Å². The van der Waals surface area contributed by atoms with Gasteiger partial charge in [-0.2, -0.15) is 10.2 Å². The quantitative estimate of drug-likeness (QED) is 0.149. The van der Waals surface area contributed by atoms with Gasteiger partial charge >= 0.3 is 6.03 Å². The maximum absolute atomic E-state index is 14.5. The van der Waals surface area contributed by atoms with Crippen molar-refractivity contribution < 1.29 is 28.2 Å². The summed E-state index contributed by atoms with van der Waals surface area (Å²) in [6, 6.07) is 7.38. The number of fused-ring (bicyclic) bond motifs is 5. The molecule has 0 fully saturated rings. The fourth-order valence-corrected chi connectivity index (χ4v) is 7.23. The Hall–Kier alpha value is -5.34. The Kier molecular flexibility index (Phi) is 8.97. The molecule has 0 saturated carbocycles. The van der Waals surface area contributed by atoms with Crippen LogP contribution in [0.2, 0.25) is 0 Å². The fraction of sp³-hybridized carbons (Fsp3) is 0.257. The number of amides is 2. The lowest BCUT2D eigenvalue weighted by Crippen LogP contribution is -2.41. The van der Waals surface area contributed by atoms with Crippen LogP contribution in [0.1, 0.15) is 35.0 Å². The largest absolute Gasteiger partial charge is 0.493 e. The summed E-state index contributed by atoms with van der Waals surface area (Å²) >= 11 is 1.52. The molecular weight excluding hydrogens is 652 g/mol. The van der Waals surface area contributed by atoms with Crippen molar-refractivity contribution in [1.82, 2.24) is 29.4 Å². The van der Waals surface area contributed by atoms with Gasteiger partial charge in [-0.1, -0.05) is 6.08 Å². The van der Waals surface area contributed by atoms with E-state index in [-0.39, 0.29) is 37.8 Å². The lowest BCUT2D eigenvalue weighted by Gasteiger charge is -2.25. The maximum atomic E-state index is 14.5.